The van der Waals surface area contributed by atoms with Crippen LogP contribution in [0.4, 0.5) is 14.6 Å². The molecule has 5 heterocycles. The minimum Gasteiger partial charge on any atom is -0.382 e. The normalized spacial score (nSPS) is 25.6. The number of ether oxygens (including phenoxy) is 5. The Balaban J connectivity index is 1.28. The second kappa shape index (κ2) is 21.4. The van der Waals surface area contributed by atoms with Crippen molar-refractivity contribution in [1.82, 2.24) is 29.1 Å². The molecule has 58 heavy (non-hydrogen) atoms. The Hall–Kier alpha value is -3.07. The van der Waals surface area contributed by atoms with Gasteiger partial charge in [-0.15, -0.1) is 0 Å². The highest BCUT2D eigenvalue weighted by molar-refractivity contribution is 8.55. The number of nitrogens with one attached hydrogen (secondary N) is 1. The van der Waals surface area contributed by atoms with Crippen LogP contribution in [0.15, 0.2) is 34.5 Å². The fourth-order valence-electron chi connectivity index (χ4n) is 5.56. The Morgan fingerprint density at radius 3 is 2.50 bits per heavy atom. The highest BCUT2D eigenvalue weighted by atomic mass is 32.7. The first-order valence-electron chi connectivity index (χ1n) is 17.6. The third kappa shape index (κ3) is 12.5. The number of alkyl halides is 2. The number of phosphoric ester groups is 1. The van der Waals surface area contributed by atoms with Gasteiger partial charge in [-0.3, -0.25) is 41.8 Å². The van der Waals surface area contributed by atoms with Crippen molar-refractivity contribution in [3.05, 3.63) is 45.8 Å². The number of ketones is 1. The van der Waals surface area contributed by atoms with Crippen molar-refractivity contribution in [2.45, 2.75) is 56.0 Å². The standard InChI is InChI=1S/C30H44F2N8O15P2S/c1-47-56(44,45)51-14-21-25(23(32)29(54-21)39-5-3-22(42)38-30(39)43)55-57(46,58-15-18(41)12-50-10-9-49-8-7-48-6-2-4-33)52-13-19-11-20(31)28(53-19)40-17-37-24-26(34)35-16-36-27(24)40/h3,5,16-17,19-21,23,25,28-29H,2,4,6-15,33H2,1H3,(H,44,45)(H2,34,35,36)(H,38,42,43)/t19-,20+,21+,23+,25+,28+,29+,57?/m0/s1. The fourth-order valence-corrected chi connectivity index (χ4v) is 9.28. The number of hydrogen-bond acceptors (Lipinski definition) is 20. The average molecular weight is 889 g/mol. The van der Waals surface area contributed by atoms with Gasteiger partial charge in [0.2, 0.25) is 0 Å². The van der Waals surface area contributed by atoms with Gasteiger partial charge in [-0.25, -0.2) is 37.7 Å². The lowest BCUT2D eigenvalue weighted by Crippen LogP contribution is -2.36. The summed E-state index contributed by atoms with van der Waals surface area (Å²) in [6.07, 6.45) is -8.02. The molecule has 0 spiro atoms. The van der Waals surface area contributed by atoms with Crippen molar-refractivity contribution >= 4 is 48.8 Å². The lowest BCUT2D eigenvalue weighted by atomic mass is 10.1. The number of Topliss-reactive ketones (excluding diaryl/α,β-unsaturated/α-hetero) is 1. The van der Waals surface area contributed by atoms with Gasteiger partial charge in [-0.1, -0.05) is 0 Å². The zero-order valence-electron chi connectivity index (χ0n) is 30.9. The van der Waals surface area contributed by atoms with E-state index < -0.39 is 100 Å². The van der Waals surface area contributed by atoms with E-state index in [2.05, 4.69) is 19.5 Å². The van der Waals surface area contributed by atoms with E-state index in [1.165, 1.54) is 17.2 Å². The molecule has 0 saturated carbocycles. The van der Waals surface area contributed by atoms with Crippen molar-refractivity contribution < 1.29 is 69.4 Å². The van der Waals surface area contributed by atoms with Crippen LogP contribution in [0.5, 0.6) is 0 Å². The van der Waals surface area contributed by atoms with Crippen LogP contribution in [-0.2, 0) is 55.7 Å². The van der Waals surface area contributed by atoms with E-state index >= 15 is 8.78 Å². The number of imidazole rings is 1. The second-order valence-corrected chi connectivity index (χ2v) is 18.1. The molecule has 0 amide bonds. The van der Waals surface area contributed by atoms with Crippen LogP contribution >= 0.6 is 26.0 Å². The number of carbonyl (C=O) groups excluding carboxylic acids is 1. The van der Waals surface area contributed by atoms with Crippen LogP contribution in [0.2, 0.25) is 0 Å². The number of nitrogens with two attached hydrogens (primary N) is 2. The zero-order chi connectivity index (χ0) is 41.9. The van der Waals surface area contributed by atoms with Crippen molar-refractivity contribution in [3.8, 4) is 0 Å². The molecule has 0 bridgehead atoms. The molecule has 23 nitrogen and oxygen atoms in total. The average Bonchev–Trinajstić information content (AvgIpc) is 3.88. The molecule has 2 unspecified atom stereocenters. The number of halogens is 2. The predicted molar refractivity (Wildman–Crippen MR) is 198 cm³/mol. The first-order valence-corrected chi connectivity index (χ1v) is 22.3. The number of nitrogens with zero attached hydrogens (tertiary/aromatic N) is 5. The second-order valence-electron chi connectivity index (χ2n) is 12.5. The first-order chi connectivity index (χ1) is 27.7. The van der Waals surface area contributed by atoms with Gasteiger partial charge in [0.05, 0.1) is 57.8 Å². The Morgan fingerprint density at radius 1 is 1.03 bits per heavy atom. The summed E-state index contributed by atoms with van der Waals surface area (Å²) in [7, 11) is -3.82. The smallest absolute Gasteiger partial charge is 0.382 e. The highest BCUT2D eigenvalue weighted by Crippen LogP contribution is 2.63. The summed E-state index contributed by atoms with van der Waals surface area (Å²) in [5, 5.41) is 0. The quantitative estimate of drug-likeness (QED) is 0.0675. The topological polar surface area (TPSA) is 305 Å². The molecular weight excluding hydrogens is 844 g/mol. The molecule has 2 saturated heterocycles. The molecule has 0 aromatic carbocycles. The molecule has 0 radical (unpaired) electrons. The summed E-state index contributed by atoms with van der Waals surface area (Å²) in [6, 6.07) is 0.911. The number of rotatable bonds is 25. The number of nitrogen functional groups attached to an aromatic ring is 1. The molecule has 2 aliphatic rings. The molecule has 3 aromatic rings. The van der Waals surface area contributed by atoms with E-state index in [9.17, 15) is 28.4 Å². The number of aromatic nitrogens is 6. The Morgan fingerprint density at radius 2 is 1.78 bits per heavy atom. The maximum atomic E-state index is 16.3. The van der Waals surface area contributed by atoms with E-state index in [1.807, 2.05) is 4.98 Å². The van der Waals surface area contributed by atoms with Crippen LogP contribution in [0.3, 0.4) is 0 Å². The van der Waals surface area contributed by atoms with Gasteiger partial charge < -0.3 is 40.0 Å². The fraction of sp³-hybridized carbons (Fsp3) is 0.667. The zero-order valence-corrected chi connectivity index (χ0v) is 33.6. The highest BCUT2D eigenvalue weighted by Gasteiger charge is 2.52. The summed E-state index contributed by atoms with van der Waals surface area (Å²) >= 11 is 0.342. The summed E-state index contributed by atoms with van der Waals surface area (Å²) in [5.74, 6) is -1.09. The maximum Gasteiger partial charge on any atom is 0.472 e. The minimum atomic E-state index is -4.72. The van der Waals surface area contributed by atoms with Crippen molar-refractivity contribution in [2.24, 2.45) is 5.73 Å². The summed E-state index contributed by atoms with van der Waals surface area (Å²) in [5.41, 5.74) is 9.78. The number of anilines is 1. The van der Waals surface area contributed by atoms with E-state index in [4.69, 9.17) is 48.7 Å². The number of H-pyrrole nitrogens is 1. The summed E-state index contributed by atoms with van der Waals surface area (Å²) < 4.78 is 109. The third-order valence-electron chi connectivity index (χ3n) is 8.37. The van der Waals surface area contributed by atoms with E-state index in [1.54, 1.807) is 0 Å². The monoisotopic (exact) mass is 888 g/mol. The first kappa shape index (κ1) is 46.0. The van der Waals surface area contributed by atoms with Gasteiger partial charge in [0.1, 0.15) is 36.8 Å². The van der Waals surface area contributed by atoms with Crippen LogP contribution in [0.1, 0.15) is 25.3 Å². The van der Waals surface area contributed by atoms with Gasteiger partial charge in [-0.05, 0) is 24.3 Å². The largest absolute Gasteiger partial charge is 0.472 e. The van der Waals surface area contributed by atoms with E-state index in [-0.39, 0.29) is 43.2 Å². The van der Waals surface area contributed by atoms with E-state index in [0.717, 1.165) is 19.4 Å². The SMILES string of the molecule is COP(=O)(O)OC[C@H]1O[C@@H](n2ccc(=O)[nH]c2=O)[C@H](F)[C@@H]1OP(=O)(OC[C@@H]1C[C@@H](F)[C@H](n2cnc3c(N)ncnc32)O1)SCC(=O)COCCOCCOCCCN. The molecule has 6 N–H and O–H groups in total. The maximum absolute atomic E-state index is 16.3. The van der Waals surface area contributed by atoms with Crippen molar-refractivity contribution in [2.75, 3.05) is 78.0 Å². The molecule has 2 aliphatic heterocycles. The summed E-state index contributed by atoms with van der Waals surface area (Å²) in [6.45, 7) is -4.84. The number of aromatic amines is 1. The lowest BCUT2D eigenvalue weighted by molar-refractivity contribution is -0.121. The van der Waals surface area contributed by atoms with Gasteiger partial charge in [-0.2, -0.15) is 0 Å². The van der Waals surface area contributed by atoms with Crippen molar-refractivity contribution in [1.29, 1.82) is 0 Å². The molecule has 0 aliphatic carbocycles. The van der Waals surface area contributed by atoms with Gasteiger partial charge >= 0.3 is 20.3 Å². The number of hydrogen-bond donors (Lipinski definition) is 4. The minimum absolute atomic E-state index is 0.0333. The Bertz CT molecular complexity index is 2030. The molecule has 3 aromatic heterocycles. The molecule has 2 fully saturated rings. The number of fused-ring (bicyclic) bond motifs is 1. The molecule has 5 rings (SSSR count). The Kier molecular flexibility index (Phi) is 17.0. The molecular formula is C30H44F2N8O15P2S. The predicted octanol–water partition coefficient (Wildman–Crippen LogP) is 0.794. The van der Waals surface area contributed by atoms with E-state index in [0.29, 0.717) is 42.1 Å². The van der Waals surface area contributed by atoms with Gasteiger partial charge in [0, 0.05) is 32.4 Å². The lowest BCUT2D eigenvalue weighted by Gasteiger charge is -2.26. The number of phosphoric acid groups is 1. The van der Waals surface area contributed by atoms with Crippen molar-refractivity contribution in [3.63, 3.8) is 0 Å². The van der Waals surface area contributed by atoms with Crippen LogP contribution in [-0.4, -0.2) is 143 Å². The third-order valence-corrected chi connectivity index (χ3v) is 12.9. The number of carbonyl (C=O) groups is 1. The molecule has 324 valence electrons. The molecule has 28 heteroatoms. The molecule has 9 atom stereocenters. The summed E-state index contributed by atoms with van der Waals surface area (Å²) in [4.78, 5) is 60.9. The van der Waals surface area contributed by atoms with Crippen LogP contribution < -0.4 is 22.7 Å². The Labute approximate surface area is 332 Å². The van der Waals surface area contributed by atoms with Gasteiger partial charge in [0.25, 0.3) is 5.56 Å². The van der Waals surface area contributed by atoms with Crippen LogP contribution in [0, 0.1) is 0 Å². The van der Waals surface area contributed by atoms with Crippen LogP contribution in [0.25, 0.3) is 11.2 Å². The van der Waals surface area contributed by atoms with Gasteiger partial charge in [0.15, 0.2) is 35.9 Å².